The lowest BCUT2D eigenvalue weighted by Crippen LogP contribution is -2.38. The van der Waals surface area contributed by atoms with Crippen LogP contribution in [0.4, 0.5) is 0 Å². The predicted octanol–water partition coefficient (Wildman–Crippen LogP) is -0.593. The van der Waals surface area contributed by atoms with Gasteiger partial charge in [0.25, 0.3) is 0 Å². The van der Waals surface area contributed by atoms with Crippen LogP contribution in [0.3, 0.4) is 0 Å². The Bertz CT molecular complexity index is 153. The van der Waals surface area contributed by atoms with Crippen LogP contribution in [-0.2, 0) is 0 Å². The zero-order valence-corrected chi connectivity index (χ0v) is 6.74. The molecule has 0 unspecified atom stereocenters. The van der Waals surface area contributed by atoms with Gasteiger partial charge in [-0.15, -0.1) is 0 Å². The molecule has 2 aliphatic rings. The van der Waals surface area contributed by atoms with Crippen molar-refractivity contribution in [2.45, 2.75) is 6.42 Å². The molecule has 2 nitrogen and oxygen atoms in total. The van der Waals surface area contributed by atoms with E-state index < -0.39 is 0 Å². The smallest absolute Gasteiger partial charge is 0.182 e. The first-order valence-corrected chi connectivity index (χ1v) is 4.25. The Morgan fingerprint density at radius 2 is 1.55 bits per heavy atom. The van der Waals surface area contributed by atoms with Gasteiger partial charge in [-0.05, 0) is 44.4 Å². The Kier molecular flexibility index (Phi) is 1.98. The van der Waals surface area contributed by atoms with Crippen LogP contribution in [0.1, 0.15) is 6.42 Å². The summed E-state index contributed by atoms with van der Waals surface area (Å²) in [7, 11) is 11.4. The summed E-state index contributed by atoms with van der Waals surface area (Å²) < 4.78 is 0. The summed E-state index contributed by atoms with van der Waals surface area (Å²) in [6.07, 6.45) is 1.22. The first kappa shape index (κ1) is 7.69. The van der Waals surface area contributed by atoms with Gasteiger partial charge in [-0.3, -0.25) is 0 Å². The van der Waals surface area contributed by atoms with E-state index in [1.54, 1.807) is 0 Å². The van der Waals surface area contributed by atoms with Crippen molar-refractivity contribution in [2.24, 2.45) is 11.8 Å². The van der Waals surface area contributed by atoms with Crippen LogP contribution in [0.25, 0.3) is 0 Å². The monoisotopic (exact) mass is 146 g/mol. The maximum Gasteiger partial charge on any atom is 0.182 e. The lowest BCUT2D eigenvalue weighted by atomic mass is 9.87. The van der Waals surface area contributed by atoms with Crippen molar-refractivity contribution < 1.29 is 0 Å². The number of rotatable bonds is 0. The Morgan fingerprint density at radius 1 is 0.909 bits per heavy atom. The quantitative estimate of drug-likeness (QED) is 0.421. The van der Waals surface area contributed by atoms with E-state index in [1.165, 1.54) is 6.42 Å². The topological polar surface area (TPSA) is 6.48 Å². The molecule has 11 heavy (non-hydrogen) atoms. The molecule has 0 bridgehead atoms. The van der Waals surface area contributed by atoms with Crippen LogP contribution in [0.5, 0.6) is 0 Å². The van der Waals surface area contributed by atoms with Gasteiger partial charge in [0.15, 0.2) is 16.0 Å². The van der Waals surface area contributed by atoms with Gasteiger partial charge in [0.2, 0.25) is 0 Å². The van der Waals surface area contributed by atoms with E-state index in [4.69, 9.17) is 16.0 Å². The first-order valence-electron chi connectivity index (χ1n) is 4.25. The molecule has 2 aliphatic heterocycles. The lowest BCUT2D eigenvalue weighted by Gasteiger charge is -2.32. The van der Waals surface area contributed by atoms with E-state index in [9.17, 15) is 0 Å². The molecule has 0 aromatic carbocycles. The van der Waals surface area contributed by atoms with Crippen molar-refractivity contribution in [3.05, 3.63) is 0 Å². The summed E-state index contributed by atoms with van der Waals surface area (Å²) in [6, 6.07) is 0. The van der Waals surface area contributed by atoms with Gasteiger partial charge in [-0.2, -0.15) is 0 Å². The maximum absolute atomic E-state index is 5.71. The first-order chi connectivity index (χ1) is 5.25. The van der Waals surface area contributed by atoms with Gasteiger partial charge in [0.1, 0.15) is 0 Å². The van der Waals surface area contributed by atoms with Crippen molar-refractivity contribution >= 4 is 16.0 Å². The molecule has 0 saturated carbocycles. The van der Waals surface area contributed by atoms with E-state index in [-0.39, 0.29) is 0 Å². The molecule has 2 heterocycles. The Morgan fingerprint density at radius 3 is 2.36 bits per heavy atom. The third-order valence-corrected chi connectivity index (χ3v) is 2.86. The summed E-state index contributed by atoms with van der Waals surface area (Å²) >= 11 is 0. The van der Waals surface area contributed by atoms with Crippen LogP contribution in [-0.4, -0.2) is 51.8 Å². The third kappa shape index (κ3) is 1.47. The van der Waals surface area contributed by atoms with Crippen LogP contribution in [0.2, 0.25) is 0 Å². The molecule has 0 aromatic heterocycles. The fourth-order valence-electron chi connectivity index (χ4n) is 2.23. The molecule has 2 fully saturated rings. The Labute approximate surface area is 70.8 Å². The van der Waals surface area contributed by atoms with Gasteiger partial charge in [0.05, 0.1) is 0 Å². The van der Waals surface area contributed by atoms with Crippen molar-refractivity contribution in [3.63, 3.8) is 0 Å². The number of hydrogen-bond acceptors (Lipinski definition) is 2. The fraction of sp³-hybridized carbons (Fsp3) is 1.00. The molecular weight excluding hydrogens is 134 g/mol. The third-order valence-electron chi connectivity index (χ3n) is 2.86. The van der Waals surface area contributed by atoms with E-state index in [2.05, 4.69) is 0 Å². The normalized spacial score (nSPS) is 40.7. The van der Waals surface area contributed by atoms with Gasteiger partial charge >= 0.3 is 0 Å². The minimum absolute atomic E-state index is 0.721. The van der Waals surface area contributed by atoms with Crippen LogP contribution in [0.15, 0.2) is 0 Å². The summed E-state index contributed by atoms with van der Waals surface area (Å²) in [5.74, 6) is 1.53. The average Bonchev–Trinajstić information content (AvgIpc) is 2.27. The standard InChI is InChI=1S/C7H12B2N2/c8-10-2-1-6-3-11(9)5-7(6)4-10/h6-7H,1-5H2/t6-,7+/m1/s1. The van der Waals surface area contributed by atoms with Gasteiger partial charge < -0.3 is 9.62 Å². The molecule has 0 N–H and O–H groups in total. The molecule has 0 aliphatic carbocycles. The van der Waals surface area contributed by atoms with E-state index in [0.717, 1.165) is 38.0 Å². The minimum Gasteiger partial charge on any atom is -0.353 e. The van der Waals surface area contributed by atoms with Crippen molar-refractivity contribution in [1.82, 2.24) is 9.62 Å². The molecule has 2 saturated heterocycles. The second-order valence-electron chi connectivity index (χ2n) is 3.76. The van der Waals surface area contributed by atoms with E-state index in [1.807, 2.05) is 9.62 Å². The molecule has 0 spiro atoms. The average molecular weight is 146 g/mol. The molecule has 4 radical (unpaired) electrons. The van der Waals surface area contributed by atoms with Crippen molar-refractivity contribution in [2.75, 3.05) is 26.2 Å². The van der Waals surface area contributed by atoms with Gasteiger partial charge in [-0.1, -0.05) is 0 Å². The van der Waals surface area contributed by atoms with Crippen LogP contribution in [0, 0.1) is 11.8 Å². The Balaban J connectivity index is 1.97. The predicted molar refractivity (Wildman–Crippen MR) is 46.3 cm³/mol. The highest BCUT2D eigenvalue weighted by molar-refractivity contribution is 6.05. The van der Waals surface area contributed by atoms with E-state index in [0.29, 0.717) is 0 Å². The highest BCUT2D eigenvalue weighted by Crippen LogP contribution is 2.28. The van der Waals surface area contributed by atoms with Gasteiger partial charge in [0, 0.05) is 0 Å². The summed E-state index contributed by atoms with van der Waals surface area (Å²) in [5.41, 5.74) is 0. The summed E-state index contributed by atoms with van der Waals surface area (Å²) in [4.78, 5) is 3.84. The fourth-order valence-corrected chi connectivity index (χ4v) is 2.23. The molecule has 56 valence electrons. The number of hydrogen-bond donors (Lipinski definition) is 0. The number of fused-ring (bicyclic) bond motifs is 1. The molecule has 0 amide bonds. The molecular formula is C7H12B2N2. The highest BCUT2D eigenvalue weighted by Gasteiger charge is 2.33. The van der Waals surface area contributed by atoms with E-state index >= 15 is 0 Å². The summed E-state index contributed by atoms with van der Waals surface area (Å²) in [5, 5.41) is 0. The second kappa shape index (κ2) is 2.83. The summed E-state index contributed by atoms with van der Waals surface area (Å²) in [6.45, 7) is 4.16. The molecule has 2 atom stereocenters. The number of piperidine rings is 1. The largest absolute Gasteiger partial charge is 0.353 e. The van der Waals surface area contributed by atoms with Gasteiger partial charge in [-0.25, -0.2) is 0 Å². The van der Waals surface area contributed by atoms with Crippen molar-refractivity contribution in [1.29, 1.82) is 0 Å². The minimum atomic E-state index is 0.721. The zero-order chi connectivity index (χ0) is 7.84. The lowest BCUT2D eigenvalue weighted by molar-refractivity contribution is 0.234. The van der Waals surface area contributed by atoms with Crippen molar-refractivity contribution in [3.8, 4) is 0 Å². The highest BCUT2D eigenvalue weighted by atomic mass is 15.1. The molecule has 4 heteroatoms. The SMILES string of the molecule is [B]N1CC[C@@H]2CN([B])C[C@@H]2C1. The van der Waals surface area contributed by atoms with Crippen LogP contribution >= 0.6 is 0 Å². The second-order valence-corrected chi connectivity index (χ2v) is 3.76. The molecule has 0 aromatic rings. The van der Waals surface area contributed by atoms with Crippen LogP contribution < -0.4 is 0 Å². The Hall–Kier alpha value is 0.0499. The zero-order valence-electron chi connectivity index (χ0n) is 6.74. The number of nitrogens with zero attached hydrogens (tertiary/aromatic N) is 2. The molecule has 2 rings (SSSR count). The maximum atomic E-state index is 5.71.